The number of carbonyl (C=O) groups is 1. The fraction of sp³-hybridized carbons (Fsp3) is 0.583. The van der Waals surface area contributed by atoms with Gasteiger partial charge in [0.25, 0.3) is 5.56 Å². The predicted molar refractivity (Wildman–Crippen MR) is 71.0 cm³/mol. The van der Waals surface area contributed by atoms with E-state index >= 15 is 0 Å². The SMILES string of the molecule is CCC(=O)OC[C@H]1O[C@@H](n2cc(Cl)c(=O)[nH]c2=O)C[C@@H]1F. The average Bonchev–Trinajstić information content (AvgIpc) is 2.81. The van der Waals surface area contributed by atoms with Crippen molar-refractivity contribution in [2.24, 2.45) is 0 Å². The molecule has 7 nitrogen and oxygen atoms in total. The van der Waals surface area contributed by atoms with Crippen LogP contribution in [0.2, 0.25) is 5.02 Å². The lowest BCUT2D eigenvalue weighted by atomic mass is 10.2. The van der Waals surface area contributed by atoms with Gasteiger partial charge in [0.05, 0.1) is 0 Å². The number of esters is 1. The van der Waals surface area contributed by atoms with E-state index < -0.39 is 35.7 Å². The molecule has 2 rings (SSSR count). The van der Waals surface area contributed by atoms with Crippen molar-refractivity contribution in [3.63, 3.8) is 0 Å². The Hall–Kier alpha value is -1.67. The minimum absolute atomic E-state index is 0.101. The van der Waals surface area contributed by atoms with Gasteiger partial charge in [-0.05, 0) is 0 Å². The summed E-state index contributed by atoms with van der Waals surface area (Å²) in [6.07, 6.45) is -2.08. The van der Waals surface area contributed by atoms with Crippen LogP contribution in [0.1, 0.15) is 26.0 Å². The van der Waals surface area contributed by atoms with Crippen LogP contribution in [0.25, 0.3) is 0 Å². The number of hydrogen-bond donors (Lipinski definition) is 1. The Morgan fingerprint density at radius 3 is 3.00 bits per heavy atom. The average molecular weight is 321 g/mol. The van der Waals surface area contributed by atoms with E-state index in [4.69, 9.17) is 21.1 Å². The molecule has 9 heteroatoms. The minimum Gasteiger partial charge on any atom is -0.463 e. The Morgan fingerprint density at radius 2 is 2.33 bits per heavy atom. The molecule has 3 atom stereocenters. The van der Waals surface area contributed by atoms with Crippen LogP contribution in [0.4, 0.5) is 4.39 Å². The van der Waals surface area contributed by atoms with Crippen molar-refractivity contribution < 1.29 is 18.7 Å². The first-order valence-electron chi connectivity index (χ1n) is 6.38. The monoisotopic (exact) mass is 320 g/mol. The van der Waals surface area contributed by atoms with Crippen LogP contribution in [0.3, 0.4) is 0 Å². The van der Waals surface area contributed by atoms with Crippen LogP contribution in [0.5, 0.6) is 0 Å². The first-order valence-corrected chi connectivity index (χ1v) is 6.76. The number of nitrogens with zero attached hydrogens (tertiary/aromatic N) is 1. The molecule has 1 aliphatic heterocycles. The van der Waals surface area contributed by atoms with E-state index in [-0.39, 0.29) is 24.5 Å². The van der Waals surface area contributed by atoms with Gasteiger partial charge in [-0.15, -0.1) is 0 Å². The smallest absolute Gasteiger partial charge is 0.330 e. The Morgan fingerprint density at radius 1 is 1.62 bits per heavy atom. The van der Waals surface area contributed by atoms with Gasteiger partial charge < -0.3 is 9.47 Å². The fourth-order valence-electron chi connectivity index (χ4n) is 1.96. The third-order valence-corrected chi connectivity index (χ3v) is 3.36. The molecule has 0 unspecified atom stereocenters. The lowest BCUT2D eigenvalue weighted by Gasteiger charge is -2.15. The molecule has 1 aromatic heterocycles. The molecule has 0 aliphatic carbocycles. The van der Waals surface area contributed by atoms with E-state index in [0.717, 1.165) is 10.8 Å². The number of rotatable bonds is 4. The molecule has 1 aliphatic rings. The zero-order valence-electron chi connectivity index (χ0n) is 11.2. The van der Waals surface area contributed by atoms with E-state index in [9.17, 15) is 18.8 Å². The van der Waals surface area contributed by atoms with Crippen molar-refractivity contribution in [2.75, 3.05) is 6.61 Å². The minimum atomic E-state index is -1.39. The topological polar surface area (TPSA) is 90.4 Å². The molecule has 1 aromatic rings. The molecule has 1 fully saturated rings. The number of aromatic nitrogens is 2. The second-order valence-electron chi connectivity index (χ2n) is 4.56. The van der Waals surface area contributed by atoms with Crippen molar-refractivity contribution in [3.05, 3.63) is 32.1 Å². The van der Waals surface area contributed by atoms with E-state index in [0.29, 0.717) is 0 Å². The van der Waals surface area contributed by atoms with Gasteiger partial charge in [-0.3, -0.25) is 19.1 Å². The van der Waals surface area contributed by atoms with Crippen molar-refractivity contribution in [2.45, 2.75) is 38.3 Å². The van der Waals surface area contributed by atoms with E-state index in [1.54, 1.807) is 6.92 Å². The molecule has 1 saturated heterocycles. The highest BCUT2D eigenvalue weighted by molar-refractivity contribution is 6.30. The number of H-pyrrole nitrogens is 1. The normalized spacial score (nSPS) is 25.0. The highest BCUT2D eigenvalue weighted by Crippen LogP contribution is 2.30. The largest absolute Gasteiger partial charge is 0.463 e. The van der Waals surface area contributed by atoms with Crippen molar-refractivity contribution in [1.29, 1.82) is 0 Å². The van der Waals surface area contributed by atoms with E-state index in [1.165, 1.54) is 0 Å². The standard InChI is InChI=1S/C12H14ClFN2O5/c1-2-10(17)20-5-8-7(14)3-9(21-8)16-4-6(13)11(18)15-12(16)19/h4,7-9H,2-3,5H2,1H3,(H,15,18,19)/t7-,8+,9+/m0/s1. The highest BCUT2D eigenvalue weighted by atomic mass is 35.5. The third-order valence-electron chi connectivity index (χ3n) is 3.09. The predicted octanol–water partition coefficient (Wildman–Crippen LogP) is 0.769. The summed E-state index contributed by atoms with van der Waals surface area (Å²) in [5.74, 6) is -0.460. The summed E-state index contributed by atoms with van der Waals surface area (Å²) in [5, 5.41) is -0.200. The van der Waals surface area contributed by atoms with Crippen LogP contribution >= 0.6 is 11.6 Å². The molecule has 1 N–H and O–H groups in total. The summed E-state index contributed by atoms with van der Waals surface area (Å²) < 4.78 is 25.1. The molecular weight excluding hydrogens is 307 g/mol. The Balaban J connectivity index is 2.10. The third kappa shape index (κ3) is 3.51. The van der Waals surface area contributed by atoms with Crippen LogP contribution in [0, 0.1) is 0 Å². The van der Waals surface area contributed by atoms with Gasteiger partial charge in [0, 0.05) is 19.0 Å². The number of ether oxygens (including phenoxy) is 2. The Kier molecular flexibility index (Phi) is 4.79. The summed E-state index contributed by atoms with van der Waals surface area (Å²) in [7, 11) is 0. The second kappa shape index (κ2) is 6.40. The maximum absolute atomic E-state index is 13.9. The number of hydrogen-bond acceptors (Lipinski definition) is 5. The number of nitrogens with one attached hydrogen (secondary N) is 1. The van der Waals surface area contributed by atoms with E-state index in [1.807, 2.05) is 4.98 Å². The summed E-state index contributed by atoms with van der Waals surface area (Å²) in [6, 6.07) is 0. The molecule has 2 heterocycles. The molecule has 0 aromatic carbocycles. The summed E-state index contributed by atoms with van der Waals surface area (Å²) >= 11 is 5.64. The Bertz CT molecular complexity index is 643. The second-order valence-corrected chi connectivity index (χ2v) is 4.97. The number of carbonyl (C=O) groups excluding carboxylic acids is 1. The van der Waals surface area contributed by atoms with Gasteiger partial charge >= 0.3 is 11.7 Å². The number of aromatic amines is 1. The quantitative estimate of drug-likeness (QED) is 0.827. The van der Waals surface area contributed by atoms with Crippen molar-refractivity contribution in [1.82, 2.24) is 9.55 Å². The van der Waals surface area contributed by atoms with Crippen molar-refractivity contribution in [3.8, 4) is 0 Å². The lowest BCUT2D eigenvalue weighted by molar-refractivity contribution is -0.149. The highest BCUT2D eigenvalue weighted by Gasteiger charge is 2.37. The molecular formula is C12H14ClFN2O5. The molecule has 0 amide bonds. The molecule has 0 radical (unpaired) electrons. The summed E-state index contributed by atoms with van der Waals surface area (Å²) in [6.45, 7) is 1.39. The van der Waals surface area contributed by atoms with Crippen LogP contribution < -0.4 is 11.2 Å². The molecule has 0 spiro atoms. The summed E-state index contributed by atoms with van der Waals surface area (Å²) in [5.41, 5.74) is -1.46. The number of halogens is 2. The van der Waals surface area contributed by atoms with Gasteiger partial charge in [0.15, 0.2) is 0 Å². The van der Waals surface area contributed by atoms with E-state index in [2.05, 4.69) is 0 Å². The Labute approximate surface area is 123 Å². The van der Waals surface area contributed by atoms with Gasteiger partial charge in [-0.2, -0.15) is 0 Å². The first kappa shape index (κ1) is 15.7. The van der Waals surface area contributed by atoms with Crippen LogP contribution in [0.15, 0.2) is 15.8 Å². The van der Waals surface area contributed by atoms with Crippen LogP contribution in [-0.2, 0) is 14.3 Å². The molecule has 116 valence electrons. The zero-order chi connectivity index (χ0) is 15.6. The lowest BCUT2D eigenvalue weighted by Crippen LogP contribution is -2.32. The zero-order valence-corrected chi connectivity index (χ0v) is 11.9. The molecule has 21 heavy (non-hydrogen) atoms. The summed E-state index contributed by atoms with van der Waals surface area (Å²) in [4.78, 5) is 35.9. The number of alkyl halides is 1. The van der Waals surface area contributed by atoms with Gasteiger partial charge in [-0.25, -0.2) is 9.18 Å². The van der Waals surface area contributed by atoms with Gasteiger partial charge in [-0.1, -0.05) is 18.5 Å². The maximum Gasteiger partial charge on any atom is 0.330 e. The van der Waals surface area contributed by atoms with Gasteiger partial charge in [0.2, 0.25) is 0 Å². The van der Waals surface area contributed by atoms with Gasteiger partial charge in [0.1, 0.15) is 30.1 Å². The van der Waals surface area contributed by atoms with Crippen molar-refractivity contribution >= 4 is 17.6 Å². The first-order chi connectivity index (χ1) is 9.92. The van der Waals surface area contributed by atoms with Crippen LogP contribution in [-0.4, -0.2) is 34.4 Å². The molecule has 0 bridgehead atoms. The fourth-order valence-corrected chi connectivity index (χ4v) is 2.11. The maximum atomic E-state index is 13.9. The molecule has 0 saturated carbocycles.